The van der Waals surface area contributed by atoms with Gasteiger partial charge in [0.1, 0.15) is 17.5 Å². The van der Waals surface area contributed by atoms with Gasteiger partial charge in [0.25, 0.3) is 0 Å². The summed E-state index contributed by atoms with van der Waals surface area (Å²) in [4.78, 5) is 4.53. The van der Waals surface area contributed by atoms with Gasteiger partial charge in [-0.3, -0.25) is 0 Å². The van der Waals surface area contributed by atoms with E-state index in [9.17, 15) is 5.26 Å². The van der Waals surface area contributed by atoms with E-state index in [1.54, 1.807) is 0 Å². The Morgan fingerprint density at radius 2 is 1.91 bits per heavy atom. The lowest BCUT2D eigenvalue weighted by molar-refractivity contribution is 0.931. The van der Waals surface area contributed by atoms with Gasteiger partial charge in [0.05, 0.1) is 5.69 Å². The number of nitrogen functional groups attached to an aromatic ring is 1. The standard InChI is InChI=1S/C19H18N4/c1-3-14-17(16-10-7-11-23(16)2)15(12-20)19(21)22-18(14)13-8-5-4-6-9-13/h4-11H,3H2,1-2H3,(H2,21,22). The van der Waals surface area contributed by atoms with Crippen LogP contribution in [0.3, 0.4) is 0 Å². The summed E-state index contributed by atoms with van der Waals surface area (Å²) in [5.41, 5.74) is 11.3. The molecule has 2 aromatic heterocycles. The van der Waals surface area contributed by atoms with Crippen LogP contribution in [0.15, 0.2) is 48.7 Å². The van der Waals surface area contributed by atoms with Crippen LogP contribution < -0.4 is 5.73 Å². The number of aryl methyl sites for hydroxylation is 1. The molecule has 0 spiro atoms. The molecular weight excluding hydrogens is 284 g/mol. The molecule has 0 aliphatic carbocycles. The van der Waals surface area contributed by atoms with E-state index in [2.05, 4.69) is 18.0 Å². The van der Waals surface area contributed by atoms with Crippen LogP contribution in [-0.4, -0.2) is 9.55 Å². The fraction of sp³-hybridized carbons (Fsp3) is 0.158. The molecule has 2 heterocycles. The van der Waals surface area contributed by atoms with Crippen molar-refractivity contribution >= 4 is 5.82 Å². The summed E-state index contributed by atoms with van der Waals surface area (Å²) in [5, 5.41) is 9.59. The molecule has 1 aromatic carbocycles. The number of benzene rings is 1. The second kappa shape index (κ2) is 5.98. The van der Waals surface area contributed by atoms with Crippen molar-refractivity contribution in [3.63, 3.8) is 0 Å². The molecule has 114 valence electrons. The number of rotatable bonds is 3. The van der Waals surface area contributed by atoms with Gasteiger partial charge in [-0.1, -0.05) is 37.3 Å². The molecule has 0 aliphatic rings. The molecule has 0 unspecified atom stereocenters. The van der Waals surface area contributed by atoms with E-state index in [1.807, 2.05) is 60.3 Å². The summed E-state index contributed by atoms with van der Waals surface area (Å²) in [6, 6.07) is 16.2. The number of aromatic nitrogens is 2. The Labute approximate surface area is 135 Å². The largest absolute Gasteiger partial charge is 0.383 e. The number of hydrogen-bond donors (Lipinski definition) is 1. The fourth-order valence-corrected chi connectivity index (χ4v) is 2.94. The molecule has 4 heteroatoms. The molecule has 3 rings (SSSR count). The lowest BCUT2D eigenvalue weighted by atomic mass is 9.93. The highest BCUT2D eigenvalue weighted by Crippen LogP contribution is 2.36. The van der Waals surface area contributed by atoms with E-state index in [0.29, 0.717) is 5.56 Å². The molecule has 0 amide bonds. The van der Waals surface area contributed by atoms with Crippen molar-refractivity contribution in [2.45, 2.75) is 13.3 Å². The van der Waals surface area contributed by atoms with Crippen LogP contribution in [0, 0.1) is 11.3 Å². The van der Waals surface area contributed by atoms with Gasteiger partial charge in [0.2, 0.25) is 0 Å². The number of anilines is 1. The molecule has 0 aliphatic heterocycles. The number of pyridine rings is 1. The molecule has 2 N–H and O–H groups in total. The highest BCUT2D eigenvalue weighted by molar-refractivity contribution is 5.83. The van der Waals surface area contributed by atoms with E-state index in [-0.39, 0.29) is 5.82 Å². The fourth-order valence-electron chi connectivity index (χ4n) is 2.94. The number of nitrogens with zero attached hydrogens (tertiary/aromatic N) is 3. The molecule has 0 bridgehead atoms. The van der Waals surface area contributed by atoms with E-state index in [1.165, 1.54) is 0 Å². The normalized spacial score (nSPS) is 10.5. The first-order valence-corrected chi connectivity index (χ1v) is 7.57. The van der Waals surface area contributed by atoms with Crippen LogP contribution in [0.2, 0.25) is 0 Å². The van der Waals surface area contributed by atoms with Crippen LogP contribution in [0.25, 0.3) is 22.5 Å². The summed E-state index contributed by atoms with van der Waals surface area (Å²) < 4.78 is 2.00. The third-order valence-electron chi connectivity index (χ3n) is 4.04. The zero-order valence-electron chi connectivity index (χ0n) is 13.2. The van der Waals surface area contributed by atoms with Crippen LogP contribution in [-0.2, 0) is 13.5 Å². The molecule has 23 heavy (non-hydrogen) atoms. The highest BCUT2D eigenvalue weighted by Gasteiger charge is 2.21. The third-order valence-corrected chi connectivity index (χ3v) is 4.04. The van der Waals surface area contributed by atoms with Crippen LogP contribution in [0.5, 0.6) is 0 Å². The van der Waals surface area contributed by atoms with Crippen LogP contribution >= 0.6 is 0 Å². The number of hydrogen-bond acceptors (Lipinski definition) is 3. The quantitative estimate of drug-likeness (QED) is 0.800. The summed E-state index contributed by atoms with van der Waals surface area (Å²) in [6.45, 7) is 2.08. The second-order valence-corrected chi connectivity index (χ2v) is 5.41. The highest BCUT2D eigenvalue weighted by atomic mass is 14.9. The number of nitrogens with two attached hydrogens (primary N) is 1. The average Bonchev–Trinajstić information content (AvgIpc) is 3.00. The van der Waals surface area contributed by atoms with Crippen molar-refractivity contribution in [3.8, 4) is 28.6 Å². The minimum Gasteiger partial charge on any atom is -0.383 e. The van der Waals surface area contributed by atoms with Gasteiger partial charge in [-0.05, 0) is 24.1 Å². The van der Waals surface area contributed by atoms with E-state index < -0.39 is 0 Å². The molecular formula is C19H18N4. The first-order valence-electron chi connectivity index (χ1n) is 7.57. The van der Waals surface area contributed by atoms with E-state index >= 15 is 0 Å². The summed E-state index contributed by atoms with van der Waals surface area (Å²) >= 11 is 0. The summed E-state index contributed by atoms with van der Waals surface area (Å²) in [5.74, 6) is 0.278. The van der Waals surface area contributed by atoms with Crippen molar-refractivity contribution in [1.82, 2.24) is 9.55 Å². The Kier molecular flexibility index (Phi) is 3.86. The third kappa shape index (κ3) is 2.47. The second-order valence-electron chi connectivity index (χ2n) is 5.41. The van der Waals surface area contributed by atoms with Gasteiger partial charge >= 0.3 is 0 Å². The SMILES string of the molecule is CCc1c(-c2ccccc2)nc(N)c(C#N)c1-c1cccn1C. The predicted octanol–water partition coefficient (Wildman–Crippen LogP) is 3.77. The first-order chi connectivity index (χ1) is 11.2. The smallest absolute Gasteiger partial charge is 0.142 e. The maximum Gasteiger partial charge on any atom is 0.142 e. The van der Waals surface area contributed by atoms with Gasteiger partial charge < -0.3 is 10.3 Å². The molecule has 4 nitrogen and oxygen atoms in total. The average molecular weight is 302 g/mol. The monoisotopic (exact) mass is 302 g/mol. The summed E-state index contributed by atoms with van der Waals surface area (Å²) in [6.07, 6.45) is 2.74. The molecule has 0 saturated carbocycles. The zero-order valence-corrected chi connectivity index (χ0v) is 13.2. The molecule has 0 radical (unpaired) electrons. The van der Waals surface area contributed by atoms with Crippen LogP contribution in [0.1, 0.15) is 18.1 Å². The van der Waals surface area contributed by atoms with E-state index in [0.717, 1.165) is 34.5 Å². The molecule has 0 saturated heterocycles. The van der Waals surface area contributed by atoms with Crippen LogP contribution in [0.4, 0.5) is 5.82 Å². The molecule has 3 aromatic rings. The van der Waals surface area contributed by atoms with Gasteiger partial charge in [-0.2, -0.15) is 5.26 Å². The topological polar surface area (TPSA) is 67.6 Å². The minimum absolute atomic E-state index is 0.278. The van der Waals surface area contributed by atoms with Crippen molar-refractivity contribution in [2.24, 2.45) is 7.05 Å². The maximum absolute atomic E-state index is 9.59. The Bertz CT molecular complexity index is 886. The number of nitriles is 1. The van der Waals surface area contributed by atoms with Gasteiger partial charge in [-0.15, -0.1) is 0 Å². The lowest BCUT2D eigenvalue weighted by Gasteiger charge is -2.17. The molecule has 0 atom stereocenters. The van der Waals surface area contributed by atoms with Crippen molar-refractivity contribution < 1.29 is 0 Å². The van der Waals surface area contributed by atoms with Gasteiger partial charge in [-0.25, -0.2) is 4.98 Å². The lowest BCUT2D eigenvalue weighted by Crippen LogP contribution is -2.06. The first kappa shape index (κ1) is 14.9. The Morgan fingerprint density at radius 1 is 1.17 bits per heavy atom. The Balaban J connectivity index is 2.40. The Hall–Kier alpha value is -3.06. The van der Waals surface area contributed by atoms with Crippen molar-refractivity contribution in [2.75, 3.05) is 5.73 Å². The predicted molar refractivity (Wildman–Crippen MR) is 92.6 cm³/mol. The maximum atomic E-state index is 9.59. The van der Waals surface area contributed by atoms with Gasteiger partial charge in [0.15, 0.2) is 0 Å². The van der Waals surface area contributed by atoms with Crippen molar-refractivity contribution in [3.05, 3.63) is 59.8 Å². The zero-order chi connectivity index (χ0) is 16.4. The van der Waals surface area contributed by atoms with Gasteiger partial charge in [0, 0.05) is 30.1 Å². The molecule has 0 fully saturated rings. The summed E-state index contributed by atoms with van der Waals surface area (Å²) in [7, 11) is 1.97. The Morgan fingerprint density at radius 3 is 2.48 bits per heavy atom. The minimum atomic E-state index is 0.278. The van der Waals surface area contributed by atoms with E-state index in [4.69, 9.17) is 5.73 Å². The van der Waals surface area contributed by atoms with Crippen molar-refractivity contribution in [1.29, 1.82) is 5.26 Å².